The predicted molar refractivity (Wildman–Crippen MR) is 109 cm³/mol. The number of nitrogens with one attached hydrogen (secondary N) is 2. The molecule has 0 saturated carbocycles. The van der Waals surface area contributed by atoms with E-state index >= 15 is 0 Å². The second kappa shape index (κ2) is 9.78. The van der Waals surface area contributed by atoms with Crippen LogP contribution in [0.5, 0.6) is 5.75 Å². The maximum atomic E-state index is 12.4. The Kier molecular flexibility index (Phi) is 6.89. The van der Waals surface area contributed by atoms with E-state index in [0.717, 1.165) is 18.6 Å². The monoisotopic (exact) mass is 381 g/mol. The minimum atomic E-state index is -0.187. The van der Waals surface area contributed by atoms with E-state index in [1.807, 2.05) is 42.5 Å². The molecule has 0 bridgehead atoms. The van der Waals surface area contributed by atoms with Crippen molar-refractivity contribution in [1.82, 2.24) is 10.2 Å². The first-order valence-corrected chi connectivity index (χ1v) is 9.70. The third-order valence-corrected chi connectivity index (χ3v) is 4.90. The van der Waals surface area contributed by atoms with E-state index in [2.05, 4.69) is 22.8 Å². The number of ether oxygens (including phenoxy) is 1. The predicted octanol–water partition coefficient (Wildman–Crippen LogP) is 3.30. The van der Waals surface area contributed by atoms with Gasteiger partial charge in [0.1, 0.15) is 5.75 Å². The maximum Gasteiger partial charge on any atom is 0.321 e. The molecule has 28 heavy (non-hydrogen) atoms. The molecule has 1 heterocycles. The van der Waals surface area contributed by atoms with Gasteiger partial charge in [-0.2, -0.15) is 0 Å². The molecule has 0 aromatic heterocycles. The lowest BCUT2D eigenvalue weighted by molar-refractivity contribution is -0.124. The Morgan fingerprint density at radius 1 is 1.14 bits per heavy atom. The highest BCUT2D eigenvalue weighted by atomic mass is 16.5. The van der Waals surface area contributed by atoms with Gasteiger partial charge in [-0.05, 0) is 37.0 Å². The molecule has 0 spiro atoms. The van der Waals surface area contributed by atoms with Gasteiger partial charge in [-0.1, -0.05) is 36.4 Å². The smallest absolute Gasteiger partial charge is 0.321 e. The molecule has 0 aliphatic carbocycles. The van der Waals surface area contributed by atoms with Gasteiger partial charge in [-0.25, -0.2) is 4.79 Å². The zero-order valence-electron chi connectivity index (χ0n) is 16.2. The summed E-state index contributed by atoms with van der Waals surface area (Å²) in [6, 6.07) is 17.5. The fourth-order valence-electron chi connectivity index (χ4n) is 3.34. The lowest BCUT2D eigenvalue weighted by atomic mass is 10.1. The number of carbonyl (C=O) groups is 2. The Balaban J connectivity index is 1.45. The third-order valence-electron chi connectivity index (χ3n) is 4.90. The fraction of sp³-hybridized carbons (Fsp3) is 0.364. The first-order valence-electron chi connectivity index (χ1n) is 9.70. The molecular formula is C22H27N3O3. The van der Waals surface area contributed by atoms with Gasteiger partial charge >= 0.3 is 6.03 Å². The van der Waals surface area contributed by atoms with Gasteiger partial charge in [-0.15, -0.1) is 0 Å². The number of aryl methyl sites for hydroxylation is 1. The molecule has 1 aliphatic rings. The normalized spacial score (nSPS) is 15.9. The van der Waals surface area contributed by atoms with E-state index in [1.165, 1.54) is 5.56 Å². The number of benzene rings is 2. The van der Waals surface area contributed by atoms with Crippen molar-refractivity contribution in [3.8, 4) is 5.75 Å². The highest BCUT2D eigenvalue weighted by Crippen LogP contribution is 2.21. The molecular weight excluding hydrogens is 354 g/mol. The van der Waals surface area contributed by atoms with E-state index in [4.69, 9.17) is 4.74 Å². The molecule has 1 saturated heterocycles. The Bertz CT molecular complexity index is 795. The minimum absolute atomic E-state index is 0.0128. The summed E-state index contributed by atoms with van der Waals surface area (Å²) in [4.78, 5) is 25.8. The zero-order valence-corrected chi connectivity index (χ0v) is 16.2. The molecule has 0 unspecified atom stereocenters. The molecule has 0 radical (unpaired) electrons. The van der Waals surface area contributed by atoms with Gasteiger partial charge in [0.2, 0.25) is 5.91 Å². The first kappa shape index (κ1) is 19.7. The average Bonchev–Trinajstić information content (AvgIpc) is 3.22. The van der Waals surface area contributed by atoms with Crippen LogP contribution >= 0.6 is 0 Å². The van der Waals surface area contributed by atoms with Crippen LogP contribution in [0.1, 0.15) is 18.4 Å². The number of urea groups is 1. The topological polar surface area (TPSA) is 70.7 Å². The highest BCUT2D eigenvalue weighted by molar-refractivity contribution is 5.90. The Hall–Kier alpha value is -3.02. The molecule has 6 heteroatoms. The van der Waals surface area contributed by atoms with Crippen LogP contribution < -0.4 is 15.4 Å². The largest absolute Gasteiger partial charge is 0.494 e. The maximum absolute atomic E-state index is 12.4. The summed E-state index contributed by atoms with van der Waals surface area (Å²) in [6.45, 7) is 1.65. The van der Waals surface area contributed by atoms with E-state index in [9.17, 15) is 9.59 Å². The van der Waals surface area contributed by atoms with Crippen LogP contribution in [0.25, 0.3) is 0 Å². The van der Waals surface area contributed by atoms with Crippen molar-refractivity contribution in [2.24, 2.45) is 5.92 Å². The Morgan fingerprint density at radius 2 is 1.96 bits per heavy atom. The van der Waals surface area contributed by atoms with Crippen molar-refractivity contribution in [3.63, 3.8) is 0 Å². The highest BCUT2D eigenvalue weighted by Gasteiger charge is 2.30. The number of anilines is 1. The molecule has 3 rings (SSSR count). The van der Waals surface area contributed by atoms with Crippen molar-refractivity contribution in [3.05, 3.63) is 60.2 Å². The zero-order chi connectivity index (χ0) is 19.8. The van der Waals surface area contributed by atoms with Gasteiger partial charge in [0, 0.05) is 31.9 Å². The van der Waals surface area contributed by atoms with Crippen molar-refractivity contribution in [2.75, 3.05) is 32.1 Å². The summed E-state index contributed by atoms with van der Waals surface area (Å²) >= 11 is 0. The number of likely N-dealkylation sites (tertiary alicyclic amines) is 1. The molecule has 2 N–H and O–H groups in total. The summed E-state index contributed by atoms with van der Waals surface area (Å²) < 4.78 is 5.82. The van der Waals surface area contributed by atoms with Crippen LogP contribution in [0.4, 0.5) is 10.5 Å². The number of nitrogens with zero attached hydrogens (tertiary/aromatic N) is 1. The molecule has 6 nitrogen and oxygen atoms in total. The van der Waals surface area contributed by atoms with Gasteiger partial charge in [0.15, 0.2) is 0 Å². The molecule has 148 valence electrons. The van der Waals surface area contributed by atoms with Crippen molar-refractivity contribution in [1.29, 1.82) is 0 Å². The molecule has 1 atom stereocenters. The van der Waals surface area contributed by atoms with Gasteiger partial charge in [0.05, 0.1) is 12.5 Å². The quantitative estimate of drug-likeness (QED) is 0.723. The van der Waals surface area contributed by atoms with Gasteiger partial charge in [0.25, 0.3) is 0 Å². The Labute approximate surface area is 165 Å². The van der Waals surface area contributed by atoms with E-state index in [1.54, 1.807) is 11.9 Å². The van der Waals surface area contributed by atoms with Crippen molar-refractivity contribution < 1.29 is 14.3 Å². The summed E-state index contributed by atoms with van der Waals surface area (Å²) in [5, 5.41) is 5.54. The summed E-state index contributed by atoms with van der Waals surface area (Å²) in [5.74, 6) is 0.590. The van der Waals surface area contributed by atoms with Crippen LogP contribution in [0.15, 0.2) is 54.6 Å². The van der Waals surface area contributed by atoms with Crippen molar-refractivity contribution >= 4 is 17.6 Å². The summed E-state index contributed by atoms with van der Waals surface area (Å²) in [7, 11) is 1.62. The van der Waals surface area contributed by atoms with Crippen LogP contribution in [0, 0.1) is 5.92 Å². The average molecular weight is 381 g/mol. The SMILES string of the molecule is CNC(=O)[C@@H]1CCN(C(=O)Nc2cccc(OCCCc3ccccc3)c2)C1. The first-order chi connectivity index (χ1) is 13.7. The number of amides is 3. The molecule has 2 aromatic carbocycles. The molecule has 3 amide bonds. The van der Waals surface area contributed by atoms with Gasteiger partial charge in [-0.3, -0.25) is 4.79 Å². The number of hydrogen-bond acceptors (Lipinski definition) is 3. The minimum Gasteiger partial charge on any atom is -0.494 e. The lowest BCUT2D eigenvalue weighted by Gasteiger charge is -2.17. The summed E-state index contributed by atoms with van der Waals surface area (Å²) in [5.41, 5.74) is 1.99. The van der Waals surface area contributed by atoms with Crippen molar-refractivity contribution in [2.45, 2.75) is 19.3 Å². The Morgan fingerprint density at radius 3 is 2.75 bits per heavy atom. The number of hydrogen-bond donors (Lipinski definition) is 2. The number of carbonyl (C=O) groups excluding carboxylic acids is 2. The van der Waals surface area contributed by atoms with E-state index in [-0.39, 0.29) is 17.9 Å². The fourth-order valence-corrected chi connectivity index (χ4v) is 3.34. The van der Waals surface area contributed by atoms with E-state index < -0.39 is 0 Å². The van der Waals surface area contributed by atoms with Crippen LogP contribution in [0.3, 0.4) is 0 Å². The second-order valence-corrected chi connectivity index (χ2v) is 6.94. The molecule has 1 fully saturated rings. The third kappa shape index (κ3) is 5.49. The standard InChI is InChI=1S/C22H27N3O3/c1-23-21(26)18-12-13-25(16-18)22(27)24-19-10-5-11-20(15-19)28-14-6-9-17-7-3-2-4-8-17/h2-5,7-8,10-11,15,18H,6,9,12-14,16H2,1H3,(H,23,26)(H,24,27)/t18-/m1/s1. The van der Waals surface area contributed by atoms with Crippen LogP contribution in [-0.2, 0) is 11.2 Å². The number of rotatable bonds is 7. The summed E-state index contributed by atoms with van der Waals surface area (Å²) in [6.07, 6.45) is 2.59. The van der Waals surface area contributed by atoms with E-state index in [0.29, 0.717) is 31.8 Å². The van der Waals surface area contributed by atoms with Gasteiger partial charge < -0.3 is 20.3 Å². The molecule has 1 aliphatic heterocycles. The lowest BCUT2D eigenvalue weighted by Crippen LogP contribution is -2.35. The van der Waals surface area contributed by atoms with Crippen LogP contribution in [-0.4, -0.2) is 43.6 Å². The second-order valence-electron chi connectivity index (χ2n) is 6.94. The molecule has 2 aromatic rings. The van der Waals surface area contributed by atoms with Crippen LogP contribution in [0.2, 0.25) is 0 Å².